The number of hydrogen-bond donors (Lipinski definition) is 2. The average molecular weight is 331 g/mol. The van der Waals surface area contributed by atoms with E-state index in [1.54, 1.807) is 18.7 Å². The molecule has 3 aromatic heterocycles. The molecule has 0 spiro atoms. The first kappa shape index (κ1) is 15.2. The first-order chi connectivity index (χ1) is 12.2. The van der Waals surface area contributed by atoms with Gasteiger partial charge in [-0.25, -0.2) is 4.98 Å². The molecule has 0 aliphatic rings. The van der Waals surface area contributed by atoms with Crippen molar-refractivity contribution < 1.29 is 9.21 Å². The van der Waals surface area contributed by atoms with Crippen LogP contribution in [0.4, 0.5) is 5.69 Å². The Bertz CT molecular complexity index is 1010. The zero-order valence-corrected chi connectivity index (χ0v) is 13.7. The minimum atomic E-state index is -0.182. The predicted octanol–water partition coefficient (Wildman–Crippen LogP) is 4.64. The second kappa shape index (κ2) is 6.28. The van der Waals surface area contributed by atoms with E-state index in [0.717, 1.165) is 34.3 Å². The van der Waals surface area contributed by atoms with E-state index in [1.165, 1.54) is 5.56 Å². The number of amides is 1. The van der Waals surface area contributed by atoms with E-state index in [1.807, 2.05) is 42.6 Å². The summed E-state index contributed by atoms with van der Waals surface area (Å²) in [5, 5.41) is 3.80. The average Bonchev–Trinajstić information content (AvgIpc) is 3.31. The fraction of sp³-hybridized carbons (Fsp3) is 0.100. The third-order valence-electron chi connectivity index (χ3n) is 4.25. The van der Waals surface area contributed by atoms with Crippen molar-refractivity contribution in [2.24, 2.45) is 0 Å². The number of nitrogens with one attached hydrogen (secondary N) is 2. The number of hydrogen-bond acceptors (Lipinski definition) is 3. The van der Waals surface area contributed by atoms with Crippen LogP contribution >= 0.6 is 0 Å². The fourth-order valence-corrected chi connectivity index (χ4v) is 2.81. The Morgan fingerprint density at radius 2 is 2.08 bits per heavy atom. The van der Waals surface area contributed by atoms with Crippen LogP contribution in [-0.2, 0) is 6.42 Å². The molecule has 0 aliphatic carbocycles. The summed E-state index contributed by atoms with van der Waals surface area (Å²) < 4.78 is 5.15. The summed E-state index contributed by atoms with van der Waals surface area (Å²) in [6.45, 7) is 2.10. The number of aromatic amines is 1. The fourth-order valence-electron chi connectivity index (χ4n) is 2.81. The third-order valence-corrected chi connectivity index (χ3v) is 4.25. The van der Waals surface area contributed by atoms with Crippen molar-refractivity contribution >= 4 is 22.6 Å². The van der Waals surface area contributed by atoms with Gasteiger partial charge in [0.05, 0.1) is 18.1 Å². The largest absolute Gasteiger partial charge is 0.472 e. The van der Waals surface area contributed by atoms with Crippen LogP contribution in [0, 0.1) is 0 Å². The van der Waals surface area contributed by atoms with Crippen molar-refractivity contribution in [3.8, 4) is 11.1 Å². The molecule has 0 saturated heterocycles. The molecule has 4 rings (SSSR count). The van der Waals surface area contributed by atoms with Crippen molar-refractivity contribution in [3.05, 3.63) is 72.4 Å². The minimum Gasteiger partial charge on any atom is -0.472 e. The number of carbonyl (C=O) groups is 1. The van der Waals surface area contributed by atoms with Crippen molar-refractivity contribution in [3.63, 3.8) is 0 Å². The SMILES string of the molecule is CCc1ccc(NC(=O)c2cnc3[nH]cc(-c4ccoc4)c3c2)cc1. The number of aromatic nitrogens is 2. The van der Waals surface area contributed by atoms with Gasteiger partial charge in [0.2, 0.25) is 0 Å². The van der Waals surface area contributed by atoms with Crippen molar-refractivity contribution in [2.45, 2.75) is 13.3 Å². The summed E-state index contributed by atoms with van der Waals surface area (Å²) in [6.07, 6.45) is 7.71. The molecule has 1 aromatic carbocycles. The smallest absolute Gasteiger partial charge is 0.257 e. The van der Waals surface area contributed by atoms with Crippen LogP contribution in [0.3, 0.4) is 0 Å². The predicted molar refractivity (Wildman–Crippen MR) is 97.6 cm³/mol. The van der Waals surface area contributed by atoms with E-state index in [-0.39, 0.29) is 5.91 Å². The number of benzene rings is 1. The van der Waals surface area contributed by atoms with Crippen LogP contribution in [0.1, 0.15) is 22.8 Å². The lowest BCUT2D eigenvalue weighted by Crippen LogP contribution is -2.12. The lowest BCUT2D eigenvalue weighted by molar-refractivity contribution is 0.102. The van der Waals surface area contributed by atoms with Crippen LogP contribution in [0.5, 0.6) is 0 Å². The van der Waals surface area contributed by atoms with Crippen LogP contribution in [0.15, 0.2) is 65.7 Å². The molecule has 1 amide bonds. The first-order valence-corrected chi connectivity index (χ1v) is 8.14. The van der Waals surface area contributed by atoms with Crippen LogP contribution in [0.2, 0.25) is 0 Å². The number of carbonyl (C=O) groups excluding carboxylic acids is 1. The molecule has 25 heavy (non-hydrogen) atoms. The Hall–Kier alpha value is -3.34. The van der Waals surface area contributed by atoms with E-state index in [2.05, 4.69) is 22.2 Å². The number of pyridine rings is 1. The number of H-pyrrole nitrogens is 1. The Morgan fingerprint density at radius 3 is 2.80 bits per heavy atom. The van der Waals surface area contributed by atoms with Gasteiger partial charge in [-0.1, -0.05) is 19.1 Å². The molecule has 2 N–H and O–H groups in total. The third kappa shape index (κ3) is 2.92. The van der Waals surface area contributed by atoms with Gasteiger partial charge in [0, 0.05) is 34.6 Å². The molecule has 5 nitrogen and oxygen atoms in total. The molecular weight excluding hydrogens is 314 g/mol. The molecule has 5 heteroatoms. The summed E-state index contributed by atoms with van der Waals surface area (Å²) in [5.41, 5.74) is 5.15. The van der Waals surface area contributed by atoms with Crippen molar-refractivity contribution in [1.29, 1.82) is 0 Å². The Labute approximate surface area is 144 Å². The highest BCUT2D eigenvalue weighted by atomic mass is 16.3. The monoisotopic (exact) mass is 331 g/mol. The summed E-state index contributed by atoms with van der Waals surface area (Å²) in [6, 6.07) is 11.6. The van der Waals surface area contributed by atoms with E-state index >= 15 is 0 Å². The van der Waals surface area contributed by atoms with Crippen molar-refractivity contribution in [2.75, 3.05) is 5.32 Å². The van der Waals surface area contributed by atoms with Gasteiger partial charge in [0.1, 0.15) is 5.65 Å². The molecule has 0 radical (unpaired) electrons. The zero-order chi connectivity index (χ0) is 17.2. The molecule has 0 atom stereocenters. The maximum absolute atomic E-state index is 12.6. The first-order valence-electron chi connectivity index (χ1n) is 8.14. The molecule has 0 fully saturated rings. The van der Waals surface area contributed by atoms with E-state index in [0.29, 0.717) is 5.56 Å². The lowest BCUT2D eigenvalue weighted by Gasteiger charge is -2.06. The van der Waals surface area contributed by atoms with Crippen molar-refractivity contribution in [1.82, 2.24) is 9.97 Å². The summed E-state index contributed by atoms with van der Waals surface area (Å²) in [5.74, 6) is -0.182. The lowest BCUT2D eigenvalue weighted by atomic mass is 10.1. The maximum atomic E-state index is 12.6. The topological polar surface area (TPSA) is 70.9 Å². The molecule has 4 aromatic rings. The number of aryl methyl sites for hydroxylation is 1. The number of furan rings is 1. The number of nitrogens with zero attached hydrogens (tertiary/aromatic N) is 1. The van der Waals surface area contributed by atoms with Gasteiger partial charge in [-0.2, -0.15) is 0 Å². The highest BCUT2D eigenvalue weighted by molar-refractivity contribution is 6.07. The summed E-state index contributed by atoms with van der Waals surface area (Å²) in [7, 11) is 0. The van der Waals surface area contributed by atoms with Gasteiger partial charge < -0.3 is 14.7 Å². The normalized spacial score (nSPS) is 10.9. The molecule has 0 unspecified atom stereocenters. The molecule has 0 aliphatic heterocycles. The zero-order valence-electron chi connectivity index (χ0n) is 13.7. The Balaban J connectivity index is 1.64. The molecular formula is C20H17N3O2. The second-order valence-electron chi connectivity index (χ2n) is 5.84. The number of fused-ring (bicyclic) bond motifs is 1. The molecule has 124 valence electrons. The van der Waals surface area contributed by atoms with Gasteiger partial charge in [-0.15, -0.1) is 0 Å². The highest BCUT2D eigenvalue weighted by Gasteiger charge is 2.12. The minimum absolute atomic E-state index is 0.182. The van der Waals surface area contributed by atoms with Gasteiger partial charge in [0.25, 0.3) is 5.91 Å². The van der Waals surface area contributed by atoms with Crippen LogP contribution < -0.4 is 5.32 Å². The Morgan fingerprint density at radius 1 is 1.24 bits per heavy atom. The summed E-state index contributed by atoms with van der Waals surface area (Å²) in [4.78, 5) is 20.0. The standard InChI is InChI=1S/C20H17N3O2/c1-2-13-3-5-16(6-4-13)23-20(24)15-9-17-18(14-7-8-25-12-14)11-22-19(17)21-10-15/h3-12H,2H2,1H3,(H,21,22)(H,23,24). The number of anilines is 1. The quantitative estimate of drug-likeness (QED) is 0.572. The maximum Gasteiger partial charge on any atom is 0.257 e. The number of rotatable bonds is 4. The van der Waals surface area contributed by atoms with Gasteiger partial charge in [-0.3, -0.25) is 4.79 Å². The van der Waals surface area contributed by atoms with E-state index in [4.69, 9.17) is 4.42 Å². The second-order valence-corrected chi connectivity index (χ2v) is 5.84. The van der Waals surface area contributed by atoms with Gasteiger partial charge >= 0.3 is 0 Å². The molecule has 0 bridgehead atoms. The summed E-state index contributed by atoms with van der Waals surface area (Å²) >= 11 is 0. The van der Waals surface area contributed by atoms with Crippen LogP contribution in [0.25, 0.3) is 22.2 Å². The highest BCUT2D eigenvalue weighted by Crippen LogP contribution is 2.28. The molecule has 0 saturated carbocycles. The van der Waals surface area contributed by atoms with Gasteiger partial charge in [-0.05, 0) is 36.2 Å². The van der Waals surface area contributed by atoms with E-state index in [9.17, 15) is 4.79 Å². The van der Waals surface area contributed by atoms with Gasteiger partial charge in [0.15, 0.2) is 0 Å². The van der Waals surface area contributed by atoms with E-state index < -0.39 is 0 Å². The Kier molecular flexibility index (Phi) is 3.82. The van der Waals surface area contributed by atoms with Crippen LogP contribution in [-0.4, -0.2) is 15.9 Å². The molecule has 3 heterocycles.